The Bertz CT molecular complexity index is 736. The Labute approximate surface area is 132 Å². The number of halogens is 1. The Kier molecular flexibility index (Phi) is 4.99. The average molecular weight is 344 g/mol. The number of ether oxygens (including phenoxy) is 1. The van der Waals surface area contributed by atoms with E-state index in [0.717, 1.165) is 6.20 Å². The number of hydrogen-bond acceptors (Lipinski definition) is 8. The highest BCUT2D eigenvalue weighted by atomic mass is 19.1. The van der Waals surface area contributed by atoms with Crippen molar-refractivity contribution in [2.75, 3.05) is 18.5 Å². The van der Waals surface area contributed by atoms with Gasteiger partial charge in [0.15, 0.2) is 12.4 Å². The van der Waals surface area contributed by atoms with Crippen LogP contribution >= 0.6 is 0 Å². The minimum absolute atomic E-state index is 0.0592. The predicted molar refractivity (Wildman–Crippen MR) is 74.6 cm³/mol. The molecule has 4 atom stereocenters. The fourth-order valence-corrected chi connectivity index (χ4v) is 2.15. The van der Waals surface area contributed by atoms with Gasteiger partial charge in [-0.05, 0) is 11.6 Å². The molecule has 12 nitrogen and oxygen atoms in total. The van der Waals surface area contributed by atoms with E-state index in [9.17, 15) is 24.2 Å². The van der Waals surface area contributed by atoms with E-state index >= 15 is 0 Å². The molecule has 0 aromatic carbocycles. The molecular weight excluding hydrogens is 331 g/mol. The largest absolute Gasteiger partial charge is 0.480 e. The van der Waals surface area contributed by atoms with E-state index in [2.05, 4.69) is 20.3 Å². The number of rotatable bonds is 6. The second-order valence-corrected chi connectivity index (χ2v) is 4.84. The molecule has 13 heteroatoms. The molecule has 0 saturated carbocycles. The van der Waals surface area contributed by atoms with Crippen LogP contribution in [0, 0.1) is 0 Å². The lowest BCUT2D eigenvalue weighted by atomic mass is 10.1. The number of hydrogen-bond donors (Lipinski definition) is 4. The third-order valence-electron chi connectivity index (χ3n) is 3.33. The van der Waals surface area contributed by atoms with E-state index < -0.39 is 49.0 Å². The Morgan fingerprint density at radius 2 is 2.38 bits per heavy atom. The highest BCUT2D eigenvalue weighted by Crippen LogP contribution is 2.39. The van der Waals surface area contributed by atoms with Crippen molar-refractivity contribution in [1.29, 1.82) is 0 Å². The van der Waals surface area contributed by atoms with Crippen LogP contribution in [-0.4, -0.2) is 62.0 Å². The molecule has 130 valence electrons. The minimum Gasteiger partial charge on any atom is -0.480 e. The van der Waals surface area contributed by atoms with E-state index in [-0.39, 0.29) is 5.82 Å². The van der Waals surface area contributed by atoms with Crippen molar-refractivity contribution < 1.29 is 29.2 Å². The van der Waals surface area contributed by atoms with E-state index in [4.69, 9.17) is 15.4 Å². The summed E-state index contributed by atoms with van der Waals surface area (Å²) in [5.41, 5.74) is 5.21. The summed E-state index contributed by atoms with van der Waals surface area (Å²) in [6.07, 6.45) is -4.81. The number of anilines is 1. The number of carbonyl (C=O) groups is 1. The third kappa shape index (κ3) is 3.14. The highest BCUT2D eigenvalue weighted by Gasteiger charge is 2.56. The lowest BCUT2D eigenvalue weighted by molar-refractivity contribution is -0.134. The number of aliphatic carboxylic acids is 1. The predicted octanol–water partition coefficient (Wildman–Crippen LogP) is -1.03. The average Bonchev–Trinajstić information content (AvgIpc) is 2.79. The summed E-state index contributed by atoms with van der Waals surface area (Å²) in [6, 6.07) is 1.19. The van der Waals surface area contributed by atoms with Gasteiger partial charge in [-0.15, -0.1) is 0 Å². The minimum atomic E-state index is -2.27. The summed E-state index contributed by atoms with van der Waals surface area (Å²) in [6.45, 7) is -1.49. The van der Waals surface area contributed by atoms with Crippen LogP contribution in [0.25, 0.3) is 10.4 Å². The fourth-order valence-electron chi connectivity index (χ4n) is 2.15. The molecule has 0 radical (unpaired) electrons. The SMILES string of the molecule is [N-]=[N+]=N[C@]1(CO)O[C@@H](n2ccc(NCC(=O)O)nc2=O)[C@@H](F)C1O. The van der Waals surface area contributed by atoms with Crippen LogP contribution in [0.1, 0.15) is 6.23 Å². The second-order valence-electron chi connectivity index (χ2n) is 4.84. The standard InChI is InChI=1S/C11H13FN6O6/c12-7-8(22)11(4-19,16-17-13)24-9(7)18-2-1-5(15-10(18)23)14-3-6(20)21/h1-2,7-9,19,22H,3-4H2,(H,20,21)(H,14,15,23)/t7-,8?,9+,11+/m0/s1. The quantitative estimate of drug-likeness (QED) is 0.287. The van der Waals surface area contributed by atoms with Crippen LogP contribution in [-0.2, 0) is 9.53 Å². The maximum Gasteiger partial charge on any atom is 0.351 e. The number of aliphatic hydroxyl groups excluding tert-OH is 2. The zero-order chi connectivity index (χ0) is 17.9. The van der Waals surface area contributed by atoms with Gasteiger partial charge in [-0.2, -0.15) is 4.98 Å². The first-order valence-electron chi connectivity index (χ1n) is 6.56. The number of nitrogens with zero attached hydrogens (tertiary/aromatic N) is 5. The Morgan fingerprint density at radius 3 is 2.92 bits per heavy atom. The fraction of sp³-hybridized carbons (Fsp3) is 0.545. The molecule has 0 spiro atoms. The van der Waals surface area contributed by atoms with Gasteiger partial charge in [0.25, 0.3) is 0 Å². The van der Waals surface area contributed by atoms with Crippen LogP contribution in [0.15, 0.2) is 22.2 Å². The van der Waals surface area contributed by atoms with Gasteiger partial charge in [0, 0.05) is 11.1 Å². The number of carboxylic acids is 1. The van der Waals surface area contributed by atoms with Crippen molar-refractivity contribution in [3.8, 4) is 0 Å². The molecule has 1 aromatic rings. The summed E-state index contributed by atoms with van der Waals surface area (Å²) in [4.78, 5) is 28.3. The zero-order valence-corrected chi connectivity index (χ0v) is 12.0. The normalized spacial score (nSPS) is 29.0. The third-order valence-corrected chi connectivity index (χ3v) is 3.33. The van der Waals surface area contributed by atoms with Crippen LogP contribution in [0.2, 0.25) is 0 Å². The maximum atomic E-state index is 14.3. The molecule has 24 heavy (non-hydrogen) atoms. The number of aliphatic hydroxyl groups is 2. The summed E-state index contributed by atoms with van der Waals surface area (Å²) >= 11 is 0. The van der Waals surface area contributed by atoms with E-state index in [1.54, 1.807) is 0 Å². The zero-order valence-electron chi connectivity index (χ0n) is 12.0. The molecule has 0 aliphatic carbocycles. The number of carboxylic acid groups (broad SMARTS) is 1. The first-order valence-corrected chi connectivity index (χ1v) is 6.56. The van der Waals surface area contributed by atoms with Crippen molar-refractivity contribution >= 4 is 11.8 Å². The van der Waals surface area contributed by atoms with Gasteiger partial charge in [-0.3, -0.25) is 9.36 Å². The molecule has 1 aliphatic rings. The summed E-state index contributed by atoms with van der Waals surface area (Å²) < 4.78 is 20.0. The smallest absolute Gasteiger partial charge is 0.351 e. The first-order chi connectivity index (χ1) is 11.3. The van der Waals surface area contributed by atoms with Crippen molar-refractivity contribution in [3.63, 3.8) is 0 Å². The van der Waals surface area contributed by atoms with Crippen LogP contribution in [0.3, 0.4) is 0 Å². The first kappa shape index (κ1) is 17.6. The Balaban J connectivity index is 2.30. The van der Waals surface area contributed by atoms with Gasteiger partial charge in [0.1, 0.15) is 18.5 Å². The van der Waals surface area contributed by atoms with Crippen LogP contribution in [0.4, 0.5) is 10.2 Å². The number of azide groups is 1. The summed E-state index contributed by atoms with van der Waals surface area (Å²) in [7, 11) is 0. The molecule has 1 unspecified atom stereocenters. The maximum absolute atomic E-state index is 14.3. The van der Waals surface area contributed by atoms with Gasteiger partial charge in [-0.25, -0.2) is 9.18 Å². The van der Waals surface area contributed by atoms with Gasteiger partial charge < -0.3 is 25.4 Å². The second kappa shape index (κ2) is 6.80. The molecule has 0 bridgehead atoms. The van der Waals surface area contributed by atoms with Gasteiger partial charge in [0.2, 0.25) is 5.72 Å². The topological polar surface area (TPSA) is 183 Å². The van der Waals surface area contributed by atoms with Crippen molar-refractivity contribution in [2.24, 2.45) is 5.11 Å². The van der Waals surface area contributed by atoms with Crippen molar-refractivity contribution in [1.82, 2.24) is 9.55 Å². The summed E-state index contributed by atoms with van der Waals surface area (Å²) in [5.74, 6) is -1.23. The Morgan fingerprint density at radius 1 is 1.67 bits per heavy atom. The van der Waals surface area contributed by atoms with E-state index in [1.807, 2.05) is 0 Å². The molecule has 1 aliphatic heterocycles. The summed E-state index contributed by atoms with van der Waals surface area (Å²) in [5, 5.41) is 33.0. The van der Waals surface area contributed by atoms with E-state index in [1.165, 1.54) is 6.07 Å². The number of aromatic nitrogens is 2. The van der Waals surface area contributed by atoms with E-state index in [0.29, 0.717) is 4.57 Å². The number of nitrogens with one attached hydrogen (secondary N) is 1. The molecule has 0 amide bonds. The molecule has 2 rings (SSSR count). The van der Waals surface area contributed by atoms with Gasteiger partial charge in [0.05, 0.1) is 6.61 Å². The Hall–Kier alpha value is -2.73. The van der Waals surface area contributed by atoms with Crippen LogP contribution in [0.5, 0.6) is 0 Å². The lowest BCUT2D eigenvalue weighted by Gasteiger charge is -2.23. The number of alkyl halides is 1. The molecule has 1 saturated heterocycles. The van der Waals surface area contributed by atoms with Crippen molar-refractivity contribution in [3.05, 3.63) is 33.2 Å². The molecule has 2 heterocycles. The van der Waals surface area contributed by atoms with Crippen molar-refractivity contribution in [2.45, 2.75) is 24.2 Å². The van der Waals surface area contributed by atoms with Crippen LogP contribution < -0.4 is 11.0 Å². The lowest BCUT2D eigenvalue weighted by Crippen LogP contribution is -2.43. The molecule has 4 N–H and O–H groups in total. The molecule has 1 fully saturated rings. The van der Waals surface area contributed by atoms with Gasteiger partial charge >= 0.3 is 11.7 Å². The monoisotopic (exact) mass is 344 g/mol. The molecule has 1 aromatic heterocycles. The highest BCUT2D eigenvalue weighted by molar-refractivity contribution is 5.72. The molecular formula is C11H13FN6O6. The van der Waals surface area contributed by atoms with Gasteiger partial charge in [-0.1, -0.05) is 5.11 Å².